The van der Waals surface area contributed by atoms with Crippen molar-refractivity contribution in [2.75, 3.05) is 39.3 Å². The number of piperazine rings is 1. The Morgan fingerprint density at radius 2 is 1.87 bits per heavy atom. The molecule has 8 nitrogen and oxygen atoms in total. The monoisotopic (exact) mass is 547 g/mol. The van der Waals surface area contributed by atoms with E-state index in [1.165, 1.54) is 21.7 Å². The highest BCUT2D eigenvalue weighted by Crippen LogP contribution is 2.13. The number of halogens is 1. The number of hydrogen-bond donors (Lipinski definition) is 1. The summed E-state index contributed by atoms with van der Waals surface area (Å²) in [4.78, 5) is 6.87. The molecule has 0 saturated carbocycles. The molecule has 1 aromatic heterocycles. The number of nitrogens with zero attached hydrogens (tertiary/aromatic N) is 4. The summed E-state index contributed by atoms with van der Waals surface area (Å²) in [7, 11) is -3.40. The van der Waals surface area contributed by atoms with E-state index in [0.717, 1.165) is 18.9 Å². The second-order valence-corrected chi connectivity index (χ2v) is 9.07. The van der Waals surface area contributed by atoms with Gasteiger partial charge in [0.25, 0.3) is 0 Å². The molecule has 0 amide bonds. The molecule has 166 valence electrons. The van der Waals surface area contributed by atoms with Gasteiger partial charge < -0.3 is 14.7 Å². The molecule has 30 heavy (non-hydrogen) atoms. The standard InChI is InChI=1S/C20H29N5O3S.HI/c1-3-21-20(22-10-8-18-6-4-17(2)5-7-18)24-11-13-25(14-12-24)29(26,27)16-19-9-15-28-23-19;/h4-7,9,15H,3,8,10-14,16H2,1-2H3,(H,21,22);1H. The number of hydrogen-bond acceptors (Lipinski definition) is 5. The predicted octanol–water partition coefficient (Wildman–Crippen LogP) is 2.26. The average molecular weight is 547 g/mol. The predicted molar refractivity (Wildman–Crippen MR) is 129 cm³/mol. The van der Waals surface area contributed by atoms with E-state index in [2.05, 4.69) is 46.6 Å². The van der Waals surface area contributed by atoms with Gasteiger partial charge in [0.2, 0.25) is 10.0 Å². The Morgan fingerprint density at radius 1 is 1.17 bits per heavy atom. The highest BCUT2D eigenvalue weighted by molar-refractivity contribution is 14.0. The Balaban J connectivity index is 0.00000320. The van der Waals surface area contributed by atoms with Gasteiger partial charge in [0.1, 0.15) is 12.0 Å². The van der Waals surface area contributed by atoms with Crippen LogP contribution in [0.25, 0.3) is 0 Å². The quantitative estimate of drug-likeness (QED) is 0.325. The van der Waals surface area contributed by atoms with E-state index < -0.39 is 10.0 Å². The van der Waals surface area contributed by atoms with Crippen LogP contribution in [0.15, 0.2) is 46.1 Å². The molecule has 1 saturated heterocycles. The van der Waals surface area contributed by atoms with Gasteiger partial charge in [-0.1, -0.05) is 35.0 Å². The zero-order valence-electron chi connectivity index (χ0n) is 17.5. The molecule has 1 N–H and O–H groups in total. The molecule has 2 aromatic rings. The number of guanidine groups is 1. The fourth-order valence-electron chi connectivity index (χ4n) is 3.24. The van der Waals surface area contributed by atoms with Crippen molar-refractivity contribution in [3.8, 4) is 0 Å². The smallest absolute Gasteiger partial charge is 0.220 e. The van der Waals surface area contributed by atoms with E-state index in [9.17, 15) is 8.42 Å². The molecule has 0 unspecified atom stereocenters. The summed E-state index contributed by atoms with van der Waals surface area (Å²) in [5.74, 6) is 0.710. The first-order valence-corrected chi connectivity index (χ1v) is 11.5. The number of benzene rings is 1. The van der Waals surface area contributed by atoms with Gasteiger partial charge in [-0.15, -0.1) is 24.0 Å². The molecule has 1 aliphatic rings. The molecule has 0 atom stereocenters. The summed E-state index contributed by atoms with van der Waals surface area (Å²) in [5.41, 5.74) is 2.94. The van der Waals surface area contributed by atoms with E-state index in [0.29, 0.717) is 38.4 Å². The van der Waals surface area contributed by atoms with Crippen LogP contribution in [-0.2, 0) is 22.2 Å². The van der Waals surface area contributed by atoms with E-state index in [4.69, 9.17) is 9.52 Å². The van der Waals surface area contributed by atoms with E-state index >= 15 is 0 Å². The van der Waals surface area contributed by atoms with Crippen molar-refractivity contribution < 1.29 is 12.9 Å². The van der Waals surface area contributed by atoms with Gasteiger partial charge in [0, 0.05) is 45.3 Å². The molecule has 0 aliphatic carbocycles. The molecule has 1 aliphatic heterocycles. The van der Waals surface area contributed by atoms with Gasteiger partial charge in [-0.05, 0) is 25.8 Å². The van der Waals surface area contributed by atoms with Crippen molar-refractivity contribution in [3.63, 3.8) is 0 Å². The Bertz CT molecular complexity index is 893. The van der Waals surface area contributed by atoms with Crippen LogP contribution in [0.4, 0.5) is 0 Å². The van der Waals surface area contributed by atoms with Gasteiger partial charge in [0.15, 0.2) is 5.96 Å². The molecule has 1 fully saturated rings. The lowest BCUT2D eigenvalue weighted by molar-refractivity contribution is 0.260. The van der Waals surface area contributed by atoms with E-state index in [1.54, 1.807) is 6.07 Å². The molecule has 10 heteroatoms. The summed E-state index contributed by atoms with van der Waals surface area (Å²) < 4.78 is 31.4. The number of aryl methyl sites for hydroxylation is 1. The molecular weight excluding hydrogens is 517 g/mol. The summed E-state index contributed by atoms with van der Waals surface area (Å²) in [6.45, 7) is 7.66. The number of rotatable bonds is 7. The minimum absolute atomic E-state index is 0. The summed E-state index contributed by atoms with van der Waals surface area (Å²) in [6, 6.07) is 10.1. The van der Waals surface area contributed by atoms with Gasteiger partial charge in [0.05, 0.1) is 5.69 Å². The van der Waals surface area contributed by atoms with E-state index in [-0.39, 0.29) is 29.7 Å². The zero-order valence-corrected chi connectivity index (χ0v) is 20.6. The second kappa shape index (κ2) is 11.7. The Labute approximate surface area is 195 Å². The average Bonchev–Trinajstić information content (AvgIpc) is 3.21. The van der Waals surface area contributed by atoms with E-state index in [1.807, 2.05) is 6.92 Å². The van der Waals surface area contributed by atoms with Crippen molar-refractivity contribution in [2.45, 2.75) is 26.0 Å². The highest BCUT2D eigenvalue weighted by atomic mass is 127. The minimum atomic E-state index is -3.40. The first-order valence-electron chi connectivity index (χ1n) is 9.94. The maximum Gasteiger partial charge on any atom is 0.220 e. The molecule has 3 rings (SSSR count). The SMILES string of the molecule is CCNC(=NCCc1ccc(C)cc1)N1CCN(S(=O)(=O)Cc2ccon2)CC1.I. The summed E-state index contributed by atoms with van der Waals surface area (Å²) in [5, 5.41) is 7.03. The molecule has 2 heterocycles. The third kappa shape index (κ3) is 6.95. The van der Waals surface area contributed by atoms with Gasteiger partial charge in [-0.25, -0.2) is 8.42 Å². The lowest BCUT2D eigenvalue weighted by atomic mass is 10.1. The molecule has 0 bridgehead atoms. The lowest BCUT2D eigenvalue weighted by Crippen LogP contribution is -2.54. The third-order valence-electron chi connectivity index (χ3n) is 4.87. The third-order valence-corrected chi connectivity index (χ3v) is 6.68. The molecular formula is C20H30IN5O3S. The van der Waals surface area contributed by atoms with Crippen molar-refractivity contribution in [2.24, 2.45) is 4.99 Å². The van der Waals surface area contributed by atoms with Crippen LogP contribution in [0.1, 0.15) is 23.7 Å². The topological polar surface area (TPSA) is 91.0 Å². The van der Waals surface area contributed by atoms with Crippen LogP contribution in [0.5, 0.6) is 0 Å². The number of nitrogens with one attached hydrogen (secondary N) is 1. The van der Waals surface area contributed by atoms with Crippen molar-refractivity contribution in [3.05, 3.63) is 53.4 Å². The van der Waals surface area contributed by atoms with Crippen molar-refractivity contribution in [1.29, 1.82) is 0 Å². The largest absolute Gasteiger partial charge is 0.364 e. The van der Waals surface area contributed by atoms with Crippen LogP contribution >= 0.6 is 24.0 Å². The highest BCUT2D eigenvalue weighted by Gasteiger charge is 2.28. The Kier molecular flexibility index (Phi) is 9.56. The second-order valence-electron chi connectivity index (χ2n) is 7.10. The molecule has 0 spiro atoms. The number of aromatic nitrogens is 1. The normalized spacial score (nSPS) is 15.7. The van der Waals surface area contributed by atoms with Crippen molar-refractivity contribution in [1.82, 2.24) is 19.7 Å². The lowest BCUT2D eigenvalue weighted by Gasteiger charge is -2.35. The van der Waals surface area contributed by atoms with Gasteiger partial charge >= 0.3 is 0 Å². The van der Waals surface area contributed by atoms with Crippen molar-refractivity contribution >= 4 is 40.0 Å². The number of aliphatic imine (C=N–C) groups is 1. The maximum absolute atomic E-state index is 12.6. The first-order chi connectivity index (χ1) is 14.0. The molecule has 0 radical (unpaired) electrons. The van der Waals surface area contributed by atoms with Crippen LogP contribution in [0.3, 0.4) is 0 Å². The fraction of sp³-hybridized carbons (Fsp3) is 0.500. The summed E-state index contributed by atoms with van der Waals surface area (Å²) >= 11 is 0. The van der Waals surface area contributed by atoms with Gasteiger partial charge in [-0.3, -0.25) is 4.99 Å². The molecule has 1 aromatic carbocycles. The zero-order chi connectivity index (χ0) is 20.7. The Morgan fingerprint density at radius 3 is 2.47 bits per heavy atom. The van der Waals surface area contributed by atoms with Crippen LogP contribution in [0, 0.1) is 6.92 Å². The first kappa shape index (κ1) is 24.6. The van der Waals surface area contributed by atoms with Gasteiger partial charge in [-0.2, -0.15) is 4.31 Å². The fourth-order valence-corrected chi connectivity index (χ4v) is 4.66. The maximum atomic E-state index is 12.6. The minimum Gasteiger partial charge on any atom is -0.364 e. The van der Waals surface area contributed by atoms with Crippen LogP contribution in [-0.4, -0.2) is 68.0 Å². The Hall–Kier alpha value is -1.66. The summed E-state index contributed by atoms with van der Waals surface area (Å²) in [6.07, 6.45) is 2.26. The van der Waals surface area contributed by atoms with Crippen LogP contribution < -0.4 is 5.32 Å². The number of sulfonamides is 1. The van der Waals surface area contributed by atoms with Crippen LogP contribution in [0.2, 0.25) is 0 Å².